The lowest BCUT2D eigenvalue weighted by atomic mass is 9.43. The van der Waals surface area contributed by atoms with Crippen molar-refractivity contribution >= 4 is 28.3 Å². The first-order chi connectivity index (χ1) is 19.4. The fourth-order valence-electron chi connectivity index (χ4n) is 10.1. The number of rotatable bonds is 8. The number of ether oxygens (including phenoxy) is 1. The van der Waals surface area contributed by atoms with Gasteiger partial charge in [0.25, 0.3) is 0 Å². The second kappa shape index (κ2) is 11.9. The smallest absolute Gasteiger partial charge is 0.357 e. The van der Waals surface area contributed by atoms with Crippen LogP contribution in [0, 0.1) is 52.3 Å². The fourth-order valence-corrected chi connectivity index (χ4v) is 11.2. The Kier molecular flexibility index (Phi) is 8.96. The molecule has 3 N–H and O–H groups in total. The van der Waals surface area contributed by atoms with E-state index in [1.54, 1.807) is 0 Å². The minimum Gasteiger partial charge on any atom is -0.464 e. The molecule has 10 atom stereocenters. The molecule has 0 aromatic carbocycles. The Hall–Kier alpha value is -1.51. The summed E-state index contributed by atoms with van der Waals surface area (Å²) < 4.78 is 4.91. The zero-order chi connectivity index (χ0) is 29.7. The Labute approximate surface area is 250 Å². The predicted octanol–water partition coefficient (Wildman–Crippen LogP) is 6.47. The van der Waals surface area contributed by atoms with Crippen molar-refractivity contribution in [2.45, 2.75) is 117 Å². The number of nitrogens with one attached hydrogen (secondary N) is 1. The third-order valence-electron chi connectivity index (χ3n) is 12.2. The van der Waals surface area contributed by atoms with Crippen LogP contribution < -0.4 is 5.32 Å². The van der Waals surface area contributed by atoms with E-state index in [1.165, 1.54) is 37.7 Å². The summed E-state index contributed by atoms with van der Waals surface area (Å²) in [6.07, 6.45) is 9.96. The number of methoxy groups -OCH3 is 1. The molecule has 1 aromatic rings. The van der Waals surface area contributed by atoms with E-state index in [1.807, 2.05) is 0 Å². The number of fused-ring (bicyclic) bond motifs is 5. The molecule has 1 amide bonds. The number of anilines is 1. The van der Waals surface area contributed by atoms with Gasteiger partial charge in [-0.25, -0.2) is 9.78 Å². The van der Waals surface area contributed by atoms with E-state index in [-0.39, 0.29) is 28.9 Å². The Balaban J connectivity index is 1.22. The van der Waals surface area contributed by atoms with Gasteiger partial charge in [-0.15, -0.1) is 11.3 Å². The number of hydrogen-bond acceptors (Lipinski definition) is 7. The molecule has 0 saturated heterocycles. The number of carbonyl (C=O) groups is 2. The van der Waals surface area contributed by atoms with Crippen molar-refractivity contribution in [3.63, 3.8) is 0 Å². The number of thiazole rings is 1. The fraction of sp³-hybridized carbons (Fsp3) is 0.848. The Morgan fingerprint density at radius 2 is 1.83 bits per heavy atom. The van der Waals surface area contributed by atoms with E-state index >= 15 is 0 Å². The summed E-state index contributed by atoms with van der Waals surface area (Å²) in [6.45, 7) is 11.3. The first kappa shape index (κ1) is 30.9. The highest BCUT2D eigenvalue weighted by atomic mass is 32.1. The van der Waals surface area contributed by atoms with Gasteiger partial charge in [-0.2, -0.15) is 0 Å². The highest BCUT2D eigenvalue weighted by molar-refractivity contribution is 7.16. The second-order valence-electron chi connectivity index (χ2n) is 14.8. The molecule has 0 aliphatic heterocycles. The van der Waals surface area contributed by atoms with Crippen LogP contribution in [0.3, 0.4) is 0 Å². The third-order valence-corrected chi connectivity index (χ3v) is 13.2. The van der Waals surface area contributed by atoms with E-state index in [9.17, 15) is 19.8 Å². The van der Waals surface area contributed by atoms with Crippen LogP contribution in [0.2, 0.25) is 0 Å². The third kappa shape index (κ3) is 5.62. The molecular formula is C33H52N2O5S. The molecule has 7 nitrogen and oxygen atoms in total. The zero-order valence-corrected chi connectivity index (χ0v) is 26.8. The van der Waals surface area contributed by atoms with Crippen molar-refractivity contribution in [1.29, 1.82) is 0 Å². The number of hydrogen-bond donors (Lipinski definition) is 3. The first-order valence-electron chi connectivity index (χ1n) is 16.1. The van der Waals surface area contributed by atoms with Crippen molar-refractivity contribution in [2.75, 3.05) is 12.4 Å². The summed E-state index contributed by atoms with van der Waals surface area (Å²) in [6, 6.07) is 0. The molecule has 41 heavy (non-hydrogen) atoms. The second-order valence-corrected chi connectivity index (χ2v) is 15.9. The zero-order valence-electron chi connectivity index (χ0n) is 25.9. The summed E-state index contributed by atoms with van der Waals surface area (Å²) in [7, 11) is 1.35. The van der Waals surface area contributed by atoms with Crippen molar-refractivity contribution < 1.29 is 24.5 Å². The molecule has 0 spiro atoms. The number of amides is 1. The summed E-state index contributed by atoms with van der Waals surface area (Å²) >= 11 is 1.36. The summed E-state index contributed by atoms with van der Waals surface area (Å²) in [5.41, 5.74) is 0.437. The highest BCUT2D eigenvalue weighted by Crippen LogP contribution is 2.68. The maximum Gasteiger partial charge on any atom is 0.357 e. The van der Waals surface area contributed by atoms with Crippen LogP contribution in [0.25, 0.3) is 0 Å². The minimum absolute atomic E-state index is 0.0761. The minimum atomic E-state index is -0.466. The largest absolute Gasteiger partial charge is 0.464 e. The van der Waals surface area contributed by atoms with Crippen LogP contribution in [-0.2, 0) is 16.0 Å². The van der Waals surface area contributed by atoms with Gasteiger partial charge in [0.05, 0.1) is 19.3 Å². The number of aromatic nitrogens is 1. The molecule has 4 fully saturated rings. The van der Waals surface area contributed by atoms with Gasteiger partial charge in [0.1, 0.15) is 0 Å². The van der Waals surface area contributed by atoms with Crippen molar-refractivity contribution in [3.05, 3.63) is 10.6 Å². The monoisotopic (exact) mass is 588 g/mol. The van der Waals surface area contributed by atoms with Gasteiger partial charge in [-0.3, -0.25) is 4.79 Å². The molecular weight excluding hydrogens is 536 g/mol. The lowest BCUT2D eigenvalue weighted by molar-refractivity contribution is -0.174. The number of aliphatic hydroxyl groups excluding tert-OH is 2. The molecule has 4 aliphatic rings. The topological polar surface area (TPSA) is 109 Å². The molecule has 8 heteroatoms. The van der Waals surface area contributed by atoms with Crippen molar-refractivity contribution in [3.8, 4) is 0 Å². The molecule has 0 radical (unpaired) electrons. The van der Waals surface area contributed by atoms with Crippen molar-refractivity contribution in [1.82, 2.24) is 4.98 Å². The van der Waals surface area contributed by atoms with Gasteiger partial charge >= 0.3 is 5.97 Å². The van der Waals surface area contributed by atoms with E-state index in [0.717, 1.165) is 43.4 Å². The van der Waals surface area contributed by atoms with Crippen molar-refractivity contribution in [2.24, 2.45) is 52.3 Å². The van der Waals surface area contributed by atoms with Gasteiger partial charge in [0, 0.05) is 11.3 Å². The lowest BCUT2D eigenvalue weighted by Crippen LogP contribution is -2.58. The number of esters is 1. The number of aliphatic hydroxyl groups is 2. The lowest BCUT2D eigenvalue weighted by Gasteiger charge is -2.62. The quantitative estimate of drug-likeness (QED) is 0.300. The maximum absolute atomic E-state index is 13.0. The molecule has 1 heterocycles. The van der Waals surface area contributed by atoms with Crippen LogP contribution in [0.1, 0.15) is 114 Å². The van der Waals surface area contributed by atoms with Crippen LogP contribution in [0.5, 0.6) is 0 Å². The SMILES string of the molecule is COC(=O)c1nc(NC(=O)CC[C@@H](C)[C@H]2CC[C@H]3[C@@H]4CC[C@@H]5C[C@H](O)CC[C@]5(C)[C@H]4C[C@H](O)[C@]23C)sc1CC(C)C. The Morgan fingerprint density at radius 1 is 1.07 bits per heavy atom. The van der Waals surface area contributed by atoms with Gasteiger partial charge in [-0.1, -0.05) is 34.6 Å². The van der Waals surface area contributed by atoms with Crippen LogP contribution in [-0.4, -0.2) is 46.4 Å². The molecule has 0 bridgehead atoms. The Bertz CT molecular complexity index is 1120. The standard InChI is InChI=1S/C33H52N2O5S/c1-18(2)15-26-29(30(39)40-6)35-31(41-26)34-28(38)12-7-19(3)23-10-11-24-22-9-8-20-16-21(36)13-14-32(20,4)25(22)17-27(37)33(23,24)5/h18-25,27,36-37H,7-17H2,1-6H3,(H,34,35,38)/t19-,20-,21-,22+,23-,24+,25+,27+,32+,33-/m1/s1. The summed E-state index contributed by atoms with van der Waals surface area (Å²) in [5, 5.41) is 25.6. The maximum atomic E-state index is 13.0. The summed E-state index contributed by atoms with van der Waals surface area (Å²) in [4.78, 5) is 30.4. The average molecular weight is 589 g/mol. The van der Waals surface area contributed by atoms with Gasteiger partial charge in [-0.05, 0) is 116 Å². The van der Waals surface area contributed by atoms with E-state index in [4.69, 9.17) is 4.74 Å². The number of carbonyl (C=O) groups excluding carboxylic acids is 2. The first-order valence-corrected chi connectivity index (χ1v) is 16.9. The van der Waals surface area contributed by atoms with Gasteiger partial charge < -0.3 is 20.3 Å². The molecule has 0 unspecified atom stereocenters. The van der Waals surface area contributed by atoms with Crippen LogP contribution >= 0.6 is 11.3 Å². The predicted molar refractivity (Wildman–Crippen MR) is 162 cm³/mol. The Morgan fingerprint density at radius 3 is 2.54 bits per heavy atom. The van der Waals surface area contributed by atoms with E-state index < -0.39 is 5.97 Å². The van der Waals surface area contributed by atoms with Crippen LogP contribution in [0.15, 0.2) is 0 Å². The summed E-state index contributed by atoms with van der Waals surface area (Å²) in [5.74, 6) is 2.88. The normalized spacial score (nSPS) is 39.0. The molecule has 230 valence electrons. The molecule has 5 rings (SSSR count). The molecule has 4 aliphatic carbocycles. The van der Waals surface area contributed by atoms with E-state index in [0.29, 0.717) is 65.1 Å². The van der Waals surface area contributed by atoms with E-state index in [2.05, 4.69) is 44.9 Å². The van der Waals surface area contributed by atoms with Gasteiger partial charge in [0.15, 0.2) is 10.8 Å². The highest BCUT2D eigenvalue weighted by Gasteiger charge is 2.63. The average Bonchev–Trinajstić information content (AvgIpc) is 3.48. The molecule has 1 aromatic heterocycles. The van der Waals surface area contributed by atoms with Crippen LogP contribution in [0.4, 0.5) is 5.13 Å². The number of nitrogens with zero attached hydrogens (tertiary/aromatic N) is 1. The molecule has 4 saturated carbocycles. The van der Waals surface area contributed by atoms with Gasteiger partial charge in [0.2, 0.25) is 5.91 Å².